The summed E-state index contributed by atoms with van der Waals surface area (Å²) in [6.45, 7) is 6.99. The van der Waals surface area contributed by atoms with Gasteiger partial charge in [0.25, 0.3) is 0 Å². The lowest BCUT2D eigenvalue weighted by molar-refractivity contribution is 0.237. The number of benzene rings is 3. The van der Waals surface area contributed by atoms with E-state index in [0.29, 0.717) is 6.61 Å². The van der Waals surface area contributed by atoms with Gasteiger partial charge < -0.3 is 9.47 Å². The van der Waals surface area contributed by atoms with Gasteiger partial charge in [-0.15, -0.1) is 0 Å². The Morgan fingerprint density at radius 3 is 2.48 bits per heavy atom. The van der Waals surface area contributed by atoms with Crippen LogP contribution in [0.15, 0.2) is 66.7 Å². The number of fused-ring (bicyclic) bond motifs is 1. The first-order valence-electron chi connectivity index (χ1n) is 11.4. The molecule has 1 fully saturated rings. The SMILES string of the molecule is Cc1ccc(C2COc3c[c]ccc3C2c2ccc(OCCN3CCCC3)cc2)cc1. The van der Waals surface area contributed by atoms with Gasteiger partial charge in [0.05, 0.1) is 6.61 Å². The van der Waals surface area contributed by atoms with Crippen LogP contribution in [0.3, 0.4) is 0 Å². The van der Waals surface area contributed by atoms with Crippen molar-refractivity contribution in [2.75, 3.05) is 32.8 Å². The number of hydrogen-bond donors (Lipinski definition) is 0. The lowest BCUT2D eigenvalue weighted by Gasteiger charge is -2.34. The van der Waals surface area contributed by atoms with E-state index in [9.17, 15) is 0 Å². The van der Waals surface area contributed by atoms with Crippen LogP contribution in [-0.2, 0) is 0 Å². The fraction of sp³-hybridized carbons (Fsp3) is 0.357. The van der Waals surface area contributed by atoms with Crippen molar-refractivity contribution in [1.29, 1.82) is 0 Å². The van der Waals surface area contributed by atoms with Gasteiger partial charge in [-0.1, -0.05) is 54.1 Å². The van der Waals surface area contributed by atoms with Crippen LogP contribution in [-0.4, -0.2) is 37.7 Å². The summed E-state index contributed by atoms with van der Waals surface area (Å²) in [5.41, 5.74) is 5.13. The van der Waals surface area contributed by atoms with Crippen molar-refractivity contribution < 1.29 is 9.47 Å². The molecule has 0 aliphatic carbocycles. The number of likely N-dealkylation sites (tertiary alicyclic amines) is 1. The molecule has 5 rings (SSSR count). The Bertz CT molecular complexity index is 990. The first kappa shape index (κ1) is 20.1. The molecular formula is C28H30NO2. The van der Waals surface area contributed by atoms with E-state index >= 15 is 0 Å². The minimum absolute atomic E-state index is 0.250. The van der Waals surface area contributed by atoms with E-state index in [4.69, 9.17) is 9.47 Å². The topological polar surface area (TPSA) is 21.7 Å². The highest BCUT2D eigenvalue weighted by atomic mass is 16.5. The van der Waals surface area contributed by atoms with Crippen LogP contribution in [0.25, 0.3) is 0 Å². The van der Waals surface area contributed by atoms with E-state index < -0.39 is 0 Å². The molecule has 0 spiro atoms. The molecule has 2 aliphatic rings. The van der Waals surface area contributed by atoms with Gasteiger partial charge >= 0.3 is 0 Å². The molecule has 3 aromatic carbocycles. The van der Waals surface area contributed by atoms with Gasteiger partial charge in [0.15, 0.2) is 0 Å². The molecule has 3 aromatic rings. The van der Waals surface area contributed by atoms with Crippen LogP contribution in [0.2, 0.25) is 0 Å². The van der Waals surface area contributed by atoms with Gasteiger partial charge in [-0.05, 0) is 68.2 Å². The third-order valence-electron chi connectivity index (χ3n) is 6.63. The molecule has 3 heteroatoms. The molecule has 3 nitrogen and oxygen atoms in total. The van der Waals surface area contributed by atoms with Crippen LogP contribution in [0.4, 0.5) is 0 Å². The molecule has 0 amide bonds. The molecule has 159 valence electrons. The Morgan fingerprint density at radius 2 is 1.71 bits per heavy atom. The molecule has 2 atom stereocenters. The van der Waals surface area contributed by atoms with E-state index in [1.165, 1.54) is 48.2 Å². The second-order valence-electron chi connectivity index (χ2n) is 8.74. The average Bonchev–Trinajstić information content (AvgIpc) is 3.33. The van der Waals surface area contributed by atoms with Gasteiger partial charge in [0, 0.05) is 23.9 Å². The van der Waals surface area contributed by atoms with Gasteiger partial charge in [0.1, 0.15) is 18.1 Å². The molecule has 0 saturated carbocycles. The molecule has 2 heterocycles. The molecule has 0 N–H and O–H groups in total. The summed E-state index contributed by atoms with van der Waals surface area (Å²) in [4.78, 5) is 2.48. The maximum absolute atomic E-state index is 6.14. The largest absolute Gasteiger partial charge is 0.493 e. The second kappa shape index (κ2) is 9.15. The summed E-state index contributed by atoms with van der Waals surface area (Å²) in [5.74, 6) is 2.42. The molecule has 0 aromatic heterocycles. The van der Waals surface area contributed by atoms with Gasteiger partial charge in [-0.2, -0.15) is 0 Å². The molecule has 31 heavy (non-hydrogen) atoms. The van der Waals surface area contributed by atoms with Crippen molar-refractivity contribution >= 4 is 0 Å². The lowest BCUT2D eigenvalue weighted by atomic mass is 9.76. The summed E-state index contributed by atoms with van der Waals surface area (Å²) in [7, 11) is 0. The monoisotopic (exact) mass is 412 g/mol. The smallest absolute Gasteiger partial charge is 0.123 e. The fourth-order valence-electron chi connectivity index (χ4n) is 4.89. The standard InChI is InChI=1S/C28H30NO2/c1-21-8-10-22(11-9-21)26-20-31-27-7-3-2-6-25(27)28(26)23-12-14-24(15-13-23)30-19-18-29-16-4-5-17-29/h2,6-15,26,28H,4-5,16-20H2,1H3. The van der Waals surface area contributed by atoms with Gasteiger partial charge in [-0.25, -0.2) is 0 Å². The lowest BCUT2D eigenvalue weighted by Crippen LogP contribution is -2.25. The molecule has 1 radical (unpaired) electrons. The normalized spacial score (nSPS) is 20.8. The van der Waals surface area contributed by atoms with Crippen molar-refractivity contribution in [3.8, 4) is 11.5 Å². The Kier molecular flexibility index (Phi) is 5.95. The van der Waals surface area contributed by atoms with Crippen molar-refractivity contribution in [3.63, 3.8) is 0 Å². The van der Waals surface area contributed by atoms with Gasteiger partial charge in [0.2, 0.25) is 0 Å². The summed E-state index contributed by atoms with van der Waals surface area (Å²) in [6, 6.07) is 26.8. The number of nitrogens with zero attached hydrogens (tertiary/aromatic N) is 1. The first-order chi connectivity index (χ1) is 15.3. The molecule has 2 unspecified atom stereocenters. The minimum atomic E-state index is 0.250. The molecular weight excluding hydrogens is 382 g/mol. The first-order valence-corrected chi connectivity index (χ1v) is 11.4. The number of hydrogen-bond acceptors (Lipinski definition) is 3. The van der Waals surface area contributed by atoms with E-state index in [2.05, 4.69) is 72.5 Å². The van der Waals surface area contributed by atoms with Crippen LogP contribution in [0.5, 0.6) is 11.5 Å². The van der Waals surface area contributed by atoms with E-state index in [-0.39, 0.29) is 11.8 Å². The van der Waals surface area contributed by atoms with E-state index in [0.717, 1.165) is 24.7 Å². The van der Waals surface area contributed by atoms with Crippen LogP contribution >= 0.6 is 0 Å². The third kappa shape index (κ3) is 4.47. The molecule has 2 aliphatic heterocycles. The summed E-state index contributed by atoms with van der Waals surface area (Å²) in [5, 5.41) is 0. The maximum atomic E-state index is 6.14. The summed E-state index contributed by atoms with van der Waals surface area (Å²) in [6.07, 6.45) is 2.64. The summed E-state index contributed by atoms with van der Waals surface area (Å²) >= 11 is 0. The molecule has 1 saturated heterocycles. The highest BCUT2D eigenvalue weighted by Gasteiger charge is 2.33. The Balaban J connectivity index is 1.37. The minimum Gasteiger partial charge on any atom is -0.493 e. The van der Waals surface area contributed by atoms with Crippen molar-refractivity contribution in [1.82, 2.24) is 4.90 Å². The van der Waals surface area contributed by atoms with Crippen LogP contribution in [0.1, 0.15) is 46.9 Å². The summed E-state index contributed by atoms with van der Waals surface area (Å²) < 4.78 is 12.2. The Hall–Kier alpha value is -2.78. The predicted molar refractivity (Wildman–Crippen MR) is 124 cm³/mol. The highest BCUT2D eigenvalue weighted by Crippen LogP contribution is 2.46. The number of ether oxygens (including phenoxy) is 2. The molecule has 0 bridgehead atoms. The van der Waals surface area contributed by atoms with Gasteiger partial charge in [-0.3, -0.25) is 4.90 Å². The number of rotatable bonds is 6. The Morgan fingerprint density at radius 1 is 0.968 bits per heavy atom. The fourth-order valence-corrected chi connectivity index (χ4v) is 4.89. The van der Waals surface area contributed by atoms with Crippen molar-refractivity contribution in [2.45, 2.75) is 31.6 Å². The number of aryl methyl sites for hydroxylation is 1. The van der Waals surface area contributed by atoms with Crippen molar-refractivity contribution in [2.24, 2.45) is 0 Å². The quantitative estimate of drug-likeness (QED) is 0.528. The van der Waals surface area contributed by atoms with E-state index in [1.807, 2.05) is 12.1 Å². The zero-order chi connectivity index (χ0) is 21.0. The average molecular weight is 413 g/mol. The van der Waals surface area contributed by atoms with Crippen molar-refractivity contribution in [3.05, 3.63) is 95.1 Å². The third-order valence-corrected chi connectivity index (χ3v) is 6.63. The maximum Gasteiger partial charge on any atom is 0.123 e. The predicted octanol–water partition coefficient (Wildman–Crippen LogP) is 5.58. The Labute approximate surface area is 185 Å². The highest BCUT2D eigenvalue weighted by molar-refractivity contribution is 5.48. The van der Waals surface area contributed by atoms with Crippen LogP contribution in [0, 0.1) is 13.0 Å². The zero-order valence-electron chi connectivity index (χ0n) is 18.2. The van der Waals surface area contributed by atoms with E-state index in [1.54, 1.807) is 0 Å². The zero-order valence-corrected chi connectivity index (χ0v) is 18.2. The second-order valence-corrected chi connectivity index (χ2v) is 8.74. The van der Waals surface area contributed by atoms with Crippen LogP contribution < -0.4 is 9.47 Å².